The van der Waals surface area contributed by atoms with Gasteiger partial charge in [0.1, 0.15) is 0 Å². The monoisotopic (exact) mass is 395 g/mol. The lowest BCUT2D eigenvalue weighted by atomic mass is 10.0. The number of nitrogens with zero attached hydrogens (tertiary/aromatic N) is 3. The minimum absolute atomic E-state index is 0.480. The van der Waals surface area contributed by atoms with Gasteiger partial charge in [0.05, 0.1) is 30.5 Å². The molecule has 1 atom stereocenters. The second-order valence-electron chi connectivity index (χ2n) is 7.58. The molecule has 0 saturated carbocycles. The van der Waals surface area contributed by atoms with Crippen molar-refractivity contribution >= 4 is 17.3 Å². The molecule has 0 amide bonds. The summed E-state index contributed by atoms with van der Waals surface area (Å²) in [6.45, 7) is 17.1. The van der Waals surface area contributed by atoms with Crippen molar-refractivity contribution in [3.63, 3.8) is 0 Å². The Balaban J connectivity index is 1.90. The summed E-state index contributed by atoms with van der Waals surface area (Å²) in [5, 5.41) is 8.04. The summed E-state index contributed by atoms with van der Waals surface area (Å²) in [7, 11) is 0. The van der Waals surface area contributed by atoms with Crippen molar-refractivity contribution < 1.29 is 4.74 Å². The van der Waals surface area contributed by atoms with Crippen molar-refractivity contribution in [2.24, 2.45) is 10.9 Å². The molecule has 27 heavy (non-hydrogen) atoms. The van der Waals surface area contributed by atoms with Crippen LogP contribution in [0.25, 0.3) is 0 Å². The summed E-state index contributed by atoms with van der Waals surface area (Å²) in [6.07, 6.45) is 2.10. The second kappa shape index (κ2) is 11.6. The van der Waals surface area contributed by atoms with E-state index in [1.165, 1.54) is 16.3 Å². The Hall–Kier alpha value is -1.18. The molecule has 1 aromatic heterocycles. The first kappa shape index (κ1) is 22.1. The van der Waals surface area contributed by atoms with E-state index in [9.17, 15) is 0 Å². The maximum atomic E-state index is 5.52. The zero-order valence-corrected chi connectivity index (χ0v) is 18.5. The van der Waals surface area contributed by atoms with Crippen LogP contribution >= 0.6 is 11.3 Å². The van der Waals surface area contributed by atoms with Crippen molar-refractivity contribution in [3.05, 3.63) is 15.6 Å². The van der Waals surface area contributed by atoms with Gasteiger partial charge >= 0.3 is 0 Å². The number of aryl methyl sites for hydroxylation is 2. The maximum Gasteiger partial charge on any atom is 0.191 e. The molecule has 1 aliphatic heterocycles. The fraction of sp³-hybridized carbons (Fsp3) is 0.800. The summed E-state index contributed by atoms with van der Waals surface area (Å²) in [4.78, 5) is 13.4. The van der Waals surface area contributed by atoms with Crippen LogP contribution in [-0.2, 0) is 11.2 Å². The summed E-state index contributed by atoms with van der Waals surface area (Å²) >= 11 is 1.79. The number of rotatable bonds is 9. The molecule has 0 aromatic carbocycles. The highest BCUT2D eigenvalue weighted by molar-refractivity contribution is 7.11. The molecule has 0 radical (unpaired) electrons. The van der Waals surface area contributed by atoms with E-state index in [0.717, 1.165) is 64.0 Å². The largest absolute Gasteiger partial charge is 0.379 e. The minimum atomic E-state index is 0.480. The van der Waals surface area contributed by atoms with Gasteiger partial charge in [-0.25, -0.2) is 4.98 Å². The third kappa shape index (κ3) is 7.76. The molecule has 1 saturated heterocycles. The van der Waals surface area contributed by atoms with Gasteiger partial charge in [-0.15, -0.1) is 11.3 Å². The van der Waals surface area contributed by atoms with Gasteiger partial charge in [0.2, 0.25) is 0 Å². The lowest BCUT2D eigenvalue weighted by Crippen LogP contribution is -2.46. The van der Waals surface area contributed by atoms with Crippen LogP contribution in [0, 0.1) is 19.8 Å². The molecule has 2 N–H and O–H groups in total. The first-order chi connectivity index (χ1) is 13.0. The Morgan fingerprint density at radius 1 is 1.26 bits per heavy atom. The van der Waals surface area contributed by atoms with Gasteiger partial charge < -0.3 is 15.4 Å². The fourth-order valence-corrected chi connectivity index (χ4v) is 4.23. The number of aliphatic imine (C=N–C) groups is 1. The molecule has 1 aromatic rings. The van der Waals surface area contributed by atoms with Crippen molar-refractivity contribution in [1.29, 1.82) is 0 Å². The molecule has 0 bridgehead atoms. The Bertz CT molecular complexity index is 561. The van der Waals surface area contributed by atoms with Crippen LogP contribution in [0.15, 0.2) is 4.99 Å². The zero-order chi connectivity index (χ0) is 19.6. The Morgan fingerprint density at radius 2 is 2.00 bits per heavy atom. The summed E-state index contributed by atoms with van der Waals surface area (Å²) in [6, 6.07) is 0.480. The van der Waals surface area contributed by atoms with Gasteiger partial charge in [-0.3, -0.25) is 9.89 Å². The van der Waals surface area contributed by atoms with Gasteiger partial charge in [0.25, 0.3) is 0 Å². The first-order valence-corrected chi connectivity index (χ1v) is 11.1. The van der Waals surface area contributed by atoms with Crippen LogP contribution in [-0.4, -0.2) is 67.8 Å². The molecule has 1 fully saturated rings. The quantitative estimate of drug-likeness (QED) is 0.497. The van der Waals surface area contributed by atoms with Crippen LogP contribution in [0.1, 0.15) is 42.8 Å². The molecule has 154 valence electrons. The average molecular weight is 396 g/mol. The fourth-order valence-electron chi connectivity index (χ4n) is 3.30. The summed E-state index contributed by atoms with van der Waals surface area (Å²) in [5.74, 6) is 1.57. The number of aromatic nitrogens is 1. The molecular formula is C20H37N5OS. The molecular weight excluding hydrogens is 358 g/mol. The number of morpholine rings is 1. The standard InChI is InChI=1S/C20H37N5OS/c1-6-21-20(22-8-7-19-24-16(4)17(5)27-19)23-14-18(13-15(2)3)25-9-11-26-12-10-25/h15,18H,6-14H2,1-5H3,(H2,21,22,23). The van der Waals surface area contributed by atoms with Gasteiger partial charge in [-0.1, -0.05) is 13.8 Å². The van der Waals surface area contributed by atoms with E-state index in [4.69, 9.17) is 9.73 Å². The molecule has 0 aliphatic carbocycles. The van der Waals surface area contributed by atoms with Crippen molar-refractivity contribution in [3.8, 4) is 0 Å². The highest BCUT2D eigenvalue weighted by Gasteiger charge is 2.21. The van der Waals surface area contributed by atoms with E-state index in [2.05, 4.69) is 55.1 Å². The van der Waals surface area contributed by atoms with Crippen LogP contribution in [0.5, 0.6) is 0 Å². The van der Waals surface area contributed by atoms with Crippen LogP contribution < -0.4 is 10.6 Å². The molecule has 1 unspecified atom stereocenters. The number of nitrogens with one attached hydrogen (secondary N) is 2. The van der Waals surface area contributed by atoms with Gasteiger partial charge in [0.15, 0.2) is 5.96 Å². The first-order valence-electron chi connectivity index (χ1n) is 10.3. The predicted octanol–water partition coefficient (Wildman–Crippen LogP) is 2.60. The molecule has 6 nitrogen and oxygen atoms in total. The van der Waals surface area contributed by atoms with Gasteiger partial charge in [-0.05, 0) is 33.1 Å². The number of hydrogen-bond acceptors (Lipinski definition) is 5. The molecule has 1 aliphatic rings. The summed E-state index contributed by atoms with van der Waals surface area (Å²) < 4.78 is 5.52. The maximum absolute atomic E-state index is 5.52. The van der Waals surface area contributed by atoms with Gasteiger partial charge in [0, 0.05) is 43.5 Å². The minimum Gasteiger partial charge on any atom is -0.379 e. The van der Waals surface area contributed by atoms with E-state index in [1.807, 2.05) is 0 Å². The molecule has 7 heteroatoms. The topological polar surface area (TPSA) is 61.8 Å². The highest BCUT2D eigenvalue weighted by atomic mass is 32.1. The zero-order valence-electron chi connectivity index (χ0n) is 17.7. The van der Waals surface area contributed by atoms with Crippen LogP contribution in [0.2, 0.25) is 0 Å². The lowest BCUT2D eigenvalue weighted by Gasteiger charge is -2.34. The average Bonchev–Trinajstić information content (AvgIpc) is 2.96. The van der Waals surface area contributed by atoms with Crippen LogP contribution in [0.3, 0.4) is 0 Å². The predicted molar refractivity (Wildman–Crippen MR) is 115 cm³/mol. The Morgan fingerprint density at radius 3 is 2.59 bits per heavy atom. The van der Waals surface area contributed by atoms with E-state index in [1.54, 1.807) is 11.3 Å². The third-order valence-electron chi connectivity index (χ3n) is 4.81. The van der Waals surface area contributed by atoms with Crippen molar-refractivity contribution in [2.45, 2.75) is 53.5 Å². The molecule has 2 rings (SSSR count). The Kier molecular flexibility index (Phi) is 9.51. The Labute approximate surface area is 168 Å². The van der Waals surface area contributed by atoms with E-state index in [0.29, 0.717) is 12.0 Å². The molecule has 2 heterocycles. The lowest BCUT2D eigenvalue weighted by molar-refractivity contribution is 0.0143. The second-order valence-corrected chi connectivity index (χ2v) is 8.87. The van der Waals surface area contributed by atoms with E-state index < -0.39 is 0 Å². The SMILES string of the molecule is CCNC(=NCC(CC(C)C)N1CCOCC1)NCCc1nc(C)c(C)s1. The van der Waals surface area contributed by atoms with E-state index >= 15 is 0 Å². The number of ether oxygens (including phenoxy) is 1. The smallest absolute Gasteiger partial charge is 0.191 e. The van der Waals surface area contributed by atoms with E-state index in [-0.39, 0.29) is 0 Å². The molecule has 0 spiro atoms. The van der Waals surface area contributed by atoms with Crippen molar-refractivity contribution in [2.75, 3.05) is 45.9 Å². The number of hydrogen-bond donors (Lipinski definition) is 2. The number of thiazole rings is 1. The third-order valence-corrected chi connectivity index (χ3v) is 5.95. The van der Waals surface area contributed by atoms with Crippen LogP contribution in [0.4, 0.5) is 0 Å². The summed E-state index contributed by atoms with van der Waals surface area (Å²) in [5.41, 5.74) is 1.15. The highest BCUT2D eigenvalue weighted by Crippen LogP contribution is 2.16. The van der Waals surface area contributed by atoms with Crippen molar-refractivity contribution in [1.82, 2.24) is 20.5 Å². The van der Waals surface area contributed by atoms with Gasteiger partial charge in [-0.2, -0.15) is 0 Å². The number of guanidine groups is 1. The normalized spacial score (nSPS) is 17.3.